The maximum Gasteiger partial charge on any atom is 0.201 e. The van der Waals surface area contributed by atoms with Crippen LogP contribution in [-0.4, -0.2) is 7.11 Å². The van der Waals surface area contributed by atoms with E-state index in [4.69, 9.17) is 4.74 Å². The number of halogens is 3. The number of rotatable bonds is 8. The SMILES string of the molecule is CCCCCC1CC=C(c2ccc(-c3ccc(-c4ccc(OC)c(F)c4F)cc3)c(F)c2)CC1. The highest BCUT2D eigenvalue weighted by Gasteiger charge is 2.18. The minimum Gasteiger partial charge on any atom is -0.494 e. The van der Waals surface area contributed by atoms with Gasteiger partial charge in [-0.05, 0) is 65.6 Å². The molecule has 34 heavy (non-hydrogen) atoms. The molecule has 1 nitrogen and oxygen atoms in total. The number of ether oxygens (including phenoxy) is 1. The van der Waals surface area contributed by atoms with Crippen molar-refractivity contribution >= 4 is 5.57 Å². The molecular formula is C30H31F3O. The molecular weight excluding hydrogens is 433 g/mol. The van der Waals surface area contributed by atoms with Crippen molar-refractivity contribution in [3.8, 4) is 28.0 Å². The van der Waals surface area contributed by atoms with Crippen molar-refractivity contribution in [1.82, 2.24) is 0 Å². The third kappa shape index (κ3) is 5.22. The first-order valence-electron chi connectivity index (χ1n) is 12.1. The third-order valence-electron chi connectivity index (χ3n) is 6.85. The predicted molar refractivity (Wildman–Crippen MR) is 133 cm³/mol. The molecule has 3 aromatic rings. The molecule has 0 N–H and O–H groups in total. The standard InChI is InChI=1S/C30H31F3O/c1-3-4-5-6-20-7-9-21(10-8-20)24-15-16-25(27(31)19-24)22-11-13-23(14-12-22)26-17-18-28(34-2)30(33)29(26)32/h9,11-20H,3-8,10H2,1-2H3. The fraction of sp³-hybridized carbons (Fsp3) is 0.333. The Kier molecular flexibility index (Phi) is 7.77. The van der Waals surface area contributed by atoms with Gasteiger partial charge >= 0.3 is 0 Å². The van der Waals surface area contributed by atoms with Crippen LogP contribution >= 0.6 is 0 Å². The molecule has 0 saturated carbocycles. The first-order valence-corrected chi connectivity index (χ1v) is 12.1. The van der Waals surface area contributed by atoms with Crippen LogP contribution in [0.2, 0.25) is 0 Å². The van der Waals surface area contributed by atoms with E-state index in [2.05, 4.69) is 13.0 Å². The summed E-state index contributed by atoms with van der Waals surface area (Å²) < 4.78 is 48.4. The van der Waals surface area contributed by atoms with E-state index in [1.807, 2.05) is 12.1 Å². The highest BCUT2D eigenvalue weighted by molar-refractivity contribution is 5.74. The van der Waals surface area contributed by atoms with Crippen LogP contribution in [0.25, 0.3) is 27.8 Å². The summed E-state index contributed by atoms with van der Waals surface area (Å²) in [6.07, 6.45) is 10.7. The summed E-state index contributed by atoms with van der Waals surface area (Å²) in [5.41, 5.74) is 4.00. The summed E-state index contributed by atoms with van der Waals surface area (Å²) in [7, 11) is 1.29. The van der Waals surface area contributed by atoms with Gasteiger partial charge in [0.15, 0.2) is 11.6 Å². The van der Waals surface area contributed by atoms with Gasteiger partial charge in [-0.15, -0.1) is 0 Å². The lowest BCUT2D eigenvalue weighted by Crippen LogP contribution is -2.05. The number of methoxy groups -OCH3 is 1. The lowest BCUT2D eigenvalue weighted by atomic mass is 9.83. The summed E-state index contributed by atoms with van der Waals surface area (Å²) in [5.74, 6) is -1.65. The maximum atomic E-state index is 15.0. The lowest BCUT2D eigenvalue weighted by Gasteiger charge is -2.22. The van der Waals surface area contributed by atoms with Gasteiger partial charge in [0.1, 0.15) is 5.82 Å². The summed E-state index contributed by atoms with van der Waals surface area (Å²) in [6, 6.07) is 15.1. The Labute approximate surface area is 200 Å². The lowest BCUT2D eigenvalue weighted by molar-refractivity contribution is 0.372. The van der Waals surface area contributed by atoms with Gasteiger partial charge in [-0.3, -0.25) is 0 Å². The Morgan fingerprint density at radius 1 is 0.824 bits per heavy atom. The van der Waals surface area contributed by atoms with Crippen molar-refractivity contribution in [3.05, 3.63) is 83.7 Å². The van der Waals surface area contributed by atoms with E-state index < -0.39 is 11.6 Å². The topological polar surface area (TPSA) is 9.23 Å². The first-order chi connectivity index (χ1) is 16.5. The van der Waals surface area contributed by atoms with Gasteiger partial charge in [0.2, 0.25) is 5.82 Å². The van der Waals surface area contributed by atoms with Gasteiger partial charge in [0.05, 0.1) is 7.11 Å². The van der Waals surface area contributed by atoms with E-state index in [0.29, 0.717) is 16.7 Å². The van der Waals surface area contributed by atoms with Crippen molar-refractivity contribution in [2.75, 3.05) is 7.11 Å². The number of allylic oxidation sites excluding steroid dienone is 2. The van der Waals surface area contributed by atoms with Gasteiger partial charge in [-0.2, -0.15) is 4.39 Å². The number of benzene rings is 3. The highest BCUT2D eigenvalue weighted by Crippen LogP contribution is 2.35. The smallest absolute Gasteiger partial charge is 0.201 e. The molecule has 0 bridgehead atoms. The molecule has 0 fully saturated rings. The molecule has 1 atom stereocenters. The monoisotopic (exact) mass is 464 g/mol. The van der Waals surface area contributed by atoms with Crippen LogP contribution < -0.4 is 4.74 Å². The molecule has 1 aliphatic carbocycles. The summed E-state index contributed by atoms with van der Waals surface area (Å²) in [5, 5.41) is 0. The highest BCUT2D eigenvalue weighted by atomic mass is 19.2. The van der Waals surface area contributed by atoms with Crippen LogP contribution in [0.1, 0.15) is 57.4 Å². The molecule has 1 unspecified atom stereocenters. The van der Waals surface area contributed by atoms with Crippen LogP contribution in [-0.2, 0) is 0 Å². The molecule has 178 valence electrons. The van der Waals surface area contributed by atoms with Gasteiger partial charge in [-0.1, -0.05) is 75.1 Å². The average Bonchev–Trinajstić information content (AvgIpc) is 2.86. The van der Waals surface area contributed by atoms with Crippen LogP contribution in [0.3, 0.4) is 0 Å². The zero-order chi connectivity index (χ0) is 24.1. The minimum absolute atomic E-state index is 0.137. The van der Waals surface area contributed by atoms with Crippen molar-refractivity contribution in [2.24, 2.45) is 5.92 Å². The van der Waals surface area contributed by atoms with Gasteiger partial charge in [-0.25, -0.2) is 8.78 Å². The molecule has 0 spiro atoms. The van der Waals surface area contributed by atoms with E-state index in [1.54, 1.807) is 30.3 Å². The molecule has 1 aliphatic rings. The quantitative estimate of drug-likeness (QED) is 0.302. The molecule has 0 heterocycles. The van der Waals surface area contributed by atoms with Crippen molar-refractivity contribution in [2.45, 2.75) is 51.9 Å². The molecule has 0 aromatic heterocycles. The Morgan fingerprint density at radius 2 is 1.50 bits per heavy atom. The second-order valence-electron chi connectivity index (χ2n) is 9.08. The van der Waals surface area contributed by atoms with Crippen LogP contribution in [0.4, 0.5) is 13.2 Å². The third-order valence-corrected chi connectivity index (χ3v) is 6.85. The minimum atomic E-state index is -1.02. The van der Waals surface area contributed by atoms with Crippen molar-refractivity contribution < 1.29 is 17.9 Å². The molecule has 3 aromatic carbocycles. The first kappa shape index (κ1) is 24.1. The zero-order valence-corrected chi connectivity index (χ0v) is 19.8. The van der Waals surface area contributed by atoms with E-state index in [-0.39, 0.29) is 17.1 Å². The van der Waals surface area contributed by atoms with E-state index in [1.165, 1.54) is 56.9 Å². The Bertz CT molecular complexity index is 1160. The average molecular weight is 465 g/mol. The molecule has 0 aliphatic heterocycles. The Balaban J connectivity index is 1.49. The molecule has 0 radical (unpaired) electrons. The van der Waals surface area contributed by atoms with Crippen molar-refractivity contribution in [3.63, 3.8) is 0 Å². The second-order valence-corrected chi connectivity index (χ2v) is 9.08. The summed E-state index contributed by atoms with van der Waals surface area (Å²) in [4.78, 5) is 0. The largest absolute Gasteiger partial charge is 0.494 e. The van der Waals surface area contributed by atoms with Crippen LogP contribution in [0.15, 0.2) is 60.7 Å². The molecule has 0 amide bonds. The van der Waals surface area contributed by atoms with Crippen molar-refractivity contribution in [1.29, 1.82) is 0 Å². The number of unbranched alkanes of at least 4 members (excludes halogenated alkanes) is 2. The van der Waals surface area contributed by atoms with E-state index in [9.17, 15) is 8.78 Å². The number of hydrogen-bond acceptors (Lipinski definition) is 1. The zero-order valence-electron chi connectivity index (χ0n) is 19.8. The van der Waals surface area contributed by atoms with Gasteiger partial charge in [0.25, 0.3) is 0 Å². The van der Waals surface area contributed by atoms with E-state index >= 15 is 4.39 Å². The predicted octanol–water partition coefficient (Wildman–Crippen LogP) is 9.21. The van der Waals surface area contributed by atoms with Gasteiger partial charge in [0, 0.05) is 11.1 Å². The van der Waals surface area contributed by atoms with Crippen LogP contribution in [0, 0.1) is 23.4 Å². The summed E-state index contributed by atoms with van der Waals surface area (Å²) >= 11 is 0. The Hall–Kier alpha value is -3.01. The fourth-order valence-corrected chi connectivity index (χ4v) is 4.79. The van der Waals surface area contributed by atoms with Gasteiger partial charge < -0.3 is 4.74 Å². The van der Waals surface area contributed by atoms with E-state index in [0.717, 1.165) is 24.3 Å². The molecule has 4 rings (SSSR count). The van der Waals surface area contributed by atoms with Crippen LogP contribution in [0.5, 0.6) is 5.75 Å². The number of hydrogen-bond donors (Lipinski definition) is 0. The summed E-state index contributed by atoms with van der Waals surface area (Å²) in [6.45, 7) is 2.23. The Morgan fingerprint density at radius 3 is 2.12 bits per heavy atom. The second kappa shape index (κ2) is 10.9. The fourth-order valence-electron chi connectivity index (χ4n) is 4.79. The molecule has 0 saturated heterocycles. The molecule has 4 heteroatoms. The maximum absolute atomic E-state index is 15.0. The normalized spacial score (nSPS) is 15.8.